The van der Waals surface area contributed by atoms with Gasteiger partial charge in [0, 0.05) is 0 Å². The minimum Gasteiger partial charge on any atom is -0.145 e. The molecule has 0 amide bonds. The molecule has 2 heteroatoms. The third kappa shape index (κ3) is 4.01. The van der Waals surface area contributed by atoms with E-state index in [0.29, 0.717) is 5.70 Å². The van der Waals surface area contributed by atoms with E-state index < -0.39 is 0 Å². The molecule has 2 nitrogen and oxygen atoms in total. The van der Waals surface area contributed by atoms with Gasteiger partial charge in [-0.3, -0.25) is 0 Å². The van der Waals surface area contributed by atoms with Crippen molar-refractivity contribution in [3.05, 3.63) is 28.3 Å². The average Bonchev–Trinajstić information content (AvgIpc) is 1.99. The summed E-state index contributed by atoms with van der Waals surface area (Å²) < 4.78 is 0. The molecule has 0 heterocycles. The lowest BCUT2D eigenvalue weighted by Crippen LogP contribution is -1.69. The first-order valence-electron chi connectivity index (χ1n) is 3.38. The summed E-state index contributed by atoms with van der Waals surface area (Å²) in [4.78, 5) is 9.86. The quantitative estimate of drug-likeness (QED) is 0.436. The summed E-state index contributed by atoms with van der Waals surface area (Å²) in [7, 11) is 0. The van der Waals surface area contributed by atoms with E-state index in [0.717, 1.165) is 6.42 Å². The van der Waals surface area contributed by atoms with Crippen LogP contribution in [0.2, 0.25) is 0 Å². The Labute approximate surface area is 61.6 Å². The Balaban J connectivity index is 4.03. The van der Waals surface area contributed by atoms with Gasteiger partial charge >= 0.3 is 0 Å². The second-order valence-corrected chi connectivity index (χ2v) is 2.27. The summed E-state index contributed by atoms with van der Waals surface area (Å²) in [5.41, 5.74) is 1.77. The summed E-state index contributed by atoms with van der Waals surface area (Å²) in [5, 5.41) is 2.76. The van der Waals surface area contributed by atoms with Crippen molar-refractivity contribution < 1.29 is 0 Å². The Morgan fingerprint density at radius 2 is 2.00 bits per heavy atom. The van der Waals surface area contributed by atoms with Crippen LogP contribution in [0, 0.1) is 4.91 Å². The lowest BCUT2D eigenvalue weighted by molar-refractivity contribution is 1.10. The molecule has 0 unspecified atom stereocenters. The van der Waals surface area contributed by atoms with Crippen molar-refractivity contribution in [3.63, 3.8) is 0 Å². The van der Waals surface area contributed by atoms with Crippen LogP contribution in [0.4, 0.5) is 0 Å². The van der Waals surface area contributed by atoms with Crippen molar-refractivity contribution >= 4 is 0 Å². The molecular weight excluding hydrogens is 126 g/mol. The largest absolute Gasteiger partial charge is 0.145 e. The Morgan fingerprint density at radius 1 is 1.40 bits per heavy atom. The highest BCUT2D eigenvalue weighted by molar-refractivity contribution is 5.14. The molecule has 0 saturated carbocycles. The molecule has 0 fully saturated rings. The molecule has 0 saturated heterocycles. The molecule has 0 radical (unpaired) electrons. The van der Waals surface area contributed by atoms with Gasteiger partial charge in [-0.2, -0.15) is 0 Å². The summed E-state index contributed by atoms with van der Waals surface area (Å²) in [6.07, 6.45) is 4.66. The first kappa shape index (κ1) is 9.08. The standard InChI is InChI=1S/C8H13NO/c1-4-7(2)5-6-8(3)9-10/h5-6H,4H2,1-3H3. The molecule has 0 N–H and O–H groups in total. The van der Waals surface area contributed by atoms with E-state index in [1.54, 1.807) is 13.0 Å². The van der Waals surface area contributed by atoms with Gasteiger partial charge in [0.2, 0.25) is 0 Å². The zero-order valence-corrected chi connectivity index (χ0v) is 6.72. The Kier molecular flexibility index (Phi) is 4.46. The van der Waals surface area contributed by atoms with Gasteiger partial charge in [0.25, 0.3) is 0 Å². The molecule has 0 rings (SSSR count). The maximum atomic E-state index is 9.86. The molecular formula is C8H13NO. The van der Waals surface area contributed by atoms with Crippen LogP contribution >= 0.6 is 0 Å². The van der Waals surface area contributed by atoms with Gasteiger partial charge < -0.3 is 0 Å². The topological polar surface area (TPSA) is 29.4 Å². The number of allylic oxidation sites excluding steroid dienone is 4. The van der Waals surface area contributed by atoms with E-state index >= 15 is 0 Å². The van der Waals surface area contributed by atoms with Crippen LogP contribution in [0.5, 0.6) is 0 Å². The van der Waals surface area contributed by atoms with Gasteiger partial charge in [0.05, 0.1) is 5.70 Å². The molecule has 0 aliphatic rings. The summed E-state index contributed by atoms with van der Waals surface area (Å²) >= 11 is 0. The van der Waals surface area contributed by atoms with Crippen LogP contribution in [0.25, 0.3) is 0 Å². The van der Waals surface area contributed by atoms with Gasteiger partial charge in [0.1, 0.15) is 0 Å². The summed E-state index contributed by atoms with van der Waals surface area (Å²) in [6, 6.07) is 0. The molecule has 0 aromatic heterocycles. The molecule has 0 aliphatic heterocycles. The van der Waals surface area contributed by atoms with E-state index in [-0.39, 0.29) is 0 Å². The zero-order chi connectivity index (χ0) is 7.98. The molecule has 0 aromatic carbocycles. The Hall–Kier alpha value is -0.920. The molecule has 0 aliphatic carbocycles. The Bertz CT molecular complexity index is 168. The highest BCUT2D eigenvalue weighted by Crippen LogP contribution is 2.00. The Morgan fingerprint density at radius 3 is 2.40 bits per heavy atom. The van der Waals surface area contributed by atoms with Crippen LogP contribution in [0.1, 0.15) is 27.2 Å². The van der Waals surface area contributed by atoms with Gasteiger partial charge in [-0.1, -0.05) is 18.6 Å². The predicted molar refractivity (Wildman–Crippen MR) is 43.6 cm³/mol. The number of rotatable bonds is 3. The number of nitroso groups, excluding NO2 is 1. The van der Waals surface area contributed by atoms with E-state index in [4.69, 9.17) is 0 Å². The molecule has 0 bridgehead atoms. The molecule has 0 atom stereocenters. The maximum absolute atomic E-state index is 9.86. The first-order chi connectivity index (χ1) is 4.70. The lowest BCUT2D eigenvalue weighted by Gasteiger charge is -1.88. The number of hydrogen-bond donors (Lipinski definition) is 0. The summed E-state index contributed by atoms with van der Waals surface area (Å²) in [6.45, 7) is 5.78. The fourth-order valence-electron chi connectivity index (χ4n) is 0.411. The monoisotopic (exact) mass is 139 g/mol. The van der Waals surface area contributed by atoms with Crippen molar-refractivity contribution in [1.82, 2.24) is 0 Å². The summed E-state index contributed by atoms with van der Waals surface area (Å²) in [5.74, 6) is 0. The normalized spacial score (nSPS) is 13.5. The average molecular weight is 139 g/mol. The van der Waals surface area contributed by atoms with Crippen LogP contribution < -0.4 is 0 Å². The van der Waals surface area contributed by atoms with Gasteiger partial charge in [0.15, 0.2) is 0 Å². The van der Waals surface area contributed by atoms with Crippen LogP contribution in [0.3, 0.4) is 0 Å². The molecule has 10 heavy (non-hydrogen) atoms. The molecule has 0 spiro atoms. The third-order valence-electron chi connectivity index (χ3n) is 1.31. The van der Waals surface area contributed by atoms with Crippen molar-refractivity contribution in [3.8, 4) is 0 Å². The SMILES string of the molecule is CCC(C)=CC=C(C)N=O. The number of hydrogen-bond acceptors (Lipinski definition) is 2. The molecule has 0 aromatic rings. The minimum atomic E-state index is 0.521. The van der Waals surface area contributed by atoms with Crippen molar-refractivity contribution in [1.29, 1.82) is 0 Å². The van der Waals surface area contributed by atoms with E-state index in [2.05, 4.69) is 12.1 Å². The van der Waals surface area contributed by atoms with E-state index in [1.807, 2.05) is 13.0 Å². The van der Waals surface area contributed by atoms with Gasteiger partial charge in [-0.25, -0.2) is 0 Å². The van der Waals surface area contributed by atoms with Crippen LogP contribution in [-0.4, -0.2) is 0 Å². The smallest absolute Gasteiger partial charge is 0.0818 e. The third-order valence-corrected chi connectivity index (χ3v) is 1.31. The highest BCUT2D eigenvalue weighted by Gasteiger charge is 1.82. The first-order valence-corrected chi connectivity index (χ1v) is 3.38. The van der Waals surface area contributed by atoms with Crippen molar-refractivity contribution in [2.45, 2.75) is 27.2 Å². The number of nitrogens with zero attached hydrogens (tertiary/aromatic N) is 1. The van der Waals surface area contributed by atoms with E-state index in [9.17, 15) is 4.91 Å². The van der Waals surface area contributed by atoms with Crippen molar-refractivity contribution in [2.75, 3.05) is 0 Å². The lowest BCUT2D eigenvalue weighted by atomic mass is 10.2. The maximum Gasteiger partial charge on any atom is 0.0818 e. The fourth-order valence-corrected chi connectivity index (χ4v) is 0.411. The van der Waals surface area contributed by atoms with Crippen LogP contribution in [0.15, 0.2) is 28.6 Å². The second-order valence-electron chi connectivity index (χ2n) is 2.27. The van der Waals surface area contributed by atoms with Gasteiger partial charge in [-0.15, -0.1) is 4.91 Å². The second kappa shape index (κ2) is 4.91. The fraction of sp³-hybridized carbons (Fsp3) is 0.500. The highest BCUT2D eigenvalue weighted by atomic mass is 16.3. The molecule has 56 valence electrons. The minimum absolute atomic E-state index is 0.521. The van der Waals surface area contributed by atoms with Crippen molar-refractivity contribution in [2.24, 2.45) is 5.18 Å². The van der Waals surface area contributed by atoms with Gasteiger partial charge in [-0.05, 0) is 31.5 Å². The van der Waals surface area contributed by atoms with E-state index in [1.165, 1.54) is 5.57 Å². The zero-order valence-electron chi connectivity index (χ0n) is 6.72. The predicted octanol–water partition coefficient (Wildman–Crippen LogP) is 3.01. The van der Waals surface area contributed by atoms with Crippen LogP contribution in [-0.2, 0) is 0 Å².